The number of ether oxygens (including phenoxy) is 2. The SMILES string of the molecule is CC/C=C\C/C=C\C/C=C\C/C=C\C/C=C\C/C=C\C/C=C\C/C=C\C/C=C\C/C=C\C/C=C\C/C=C\CCCCCCC(=O)OC(COC(=O)CCC/C=C\C/C=C\C/C=C\C/C=C\C/C=C\C/C=C\C/C=C\CC)COP(=O)([O-])OCC[N+](C)(C)C. The van der Waals surface area contributed by atoms with Crippen LogP contribution in [-0.4, -0.2) is 70.0 Å². The predicted molar refractivity (Wildman–Crippen MR) is 378 cm³/mol. The molecule has 2 unspecified atom stereocenters. The number of nitrogens with zero attached hydrogens (tertiary/aromatic N) is 1. The van der Waals surface area contributed by atoms with Crippen LogP contribution in [0.4, 0.5) is 0 Å². The van der Waals surface area contributed by atoms with Crippen molar-refractivity contribution in [2.75, 3.05) is 47.5 Å². The van der Waals surface area contributed by atoms with E-state index in [9.17, 15) is 19.0 Å². The molecule has 0 bridgehead atoms. The van der Waals surface area contributed by atoms with Gasteiger partial charge in [-0.2, -0.15) is 0 Å². The number of hydrogen-bond acceptors (Lipinski definition) is 8. The van der Waals surface area contributed by atoms with Gasteiger partial charge in [-0.05, 0) is 154 Å². The highest BCUT2D eigenvalue weighted by Gasteiger charge is 2.21. The van der Waals surface area contributed by atoms with Crippen molar-refractivity contribution in [3.05, 3.63) is 231 Å². The number of phosphoric ester groups is 1. The Morgan fingerprint density at radius 2 is 0.625 bits per heavy atom. The lowest BCUT2D eigenvalue weighted by molar-refractivity contribution is -0.870. The lowest BCUT2D eigenvalue weighted by Crippen LogP contribution is -2.37. The molecule has 88 heavy (non-hydrogen) atoms. The van der Waals surface area contributed by atoms with Crippen molar-refractivity contribution in [2.24, 2.45) is 0 Å². The van der Waals surface area contributed by atoms with E-state index in [0.717, 1.165) is 148 Å². The fourth-order valence-corrected chi connectivity index (χ4v) is 8.41. The molecule has 0 amide bonds. The van der Waals surface area contributed by atoms with Gasteiger partial charge < -0.3 is 27.9 Å². The minimum Gasteiger partial charge on any atom is -0.756 e. The van der Waals surface area contributed by atoms with Crippen LogP contribution in [0, 0.1) is 0 Å². The largest absolute Gasteiger partial charge is 0.756 e. The maximum absolute atomic E-state index is 12.8. The summed E-state index contributed by atoms with van der Waals surface area (Å²) in [5, 5.41) is 0. The molecule has 0 aliphatic rings. The van der Waals surface area contributed by atoms with Crippen molar-refractivity contribution in [3.63, 3.8) is 0 Å². The minimum absolute atomic E-state index is 0.0594. The first-order chi connectivity index (χ1) is 43.0. The third-order valence-electron chi connectivity index (χ3n) is 12.7. The van der Waals surface area contributed by atoms with Crippen LogP contribution in [0.1, 0.15) is 194 Å². The minimum atomic E-state index is -4.68. The number of allylic oxidation sites excluding steroid dienone is 38. The van der Waals surface area contributed by atoms with Gasteiger partial charge in [0.2, 0.25) is 0 Å². The Balaban J connectivity index is 4.30. The number of hydrogen-bond donors (Lipinski definition) is 0. The molecule has 0 heterocycles. The molecule has 2 atom stereocenters. The molecule has 0 aliphatic carbocycles. The Morgan fingerprint density at radius 1 is 0.352 bits per heavy atom. The van der Waals surface area contributed by atoms with Gasteiger partial charge in [0.05, 0.1) is 27.7 Å². The third-order valence-corrected chi connectivity index (χ3v) is 13.6. The van der Waals surface area contributed by atoms with E-state index in [1.165, 1.54) is 0 Å². The zero-order chi connectivity index (χ0) is 64.1. The van der Waals surface area contributed by atoms with Crippen molar-refractivity contribution < 1.29 is 42.1 Å². The second-order valence-corrected chi connectivity index (χ2v) is 23.4. The topological polar surface area (TPSA) is 111 Å². The average Bonchev–Trinajstić information content (AvgIpc) is 3.58. The van der Waals surface area contributed by atoms with Crippen LogP contribution in [0.5, 0.6) is 0 Å². The molecule has 0 rings (SSSR count). The fourth-order valence-electron chi connectivity index (χ4n) is 7.68. The van der Waals surface area contributed by atoms with Gasteiger partial charge >= 0.3 is 11.9 Å². The van der Waals surface area contributed by atoms with Crippen LogP contribution in [0.3, 0.4) is 0 Å². The van der Waals surface area contributed by atoms with Gasteiger partial charge in [0, 0.05) is 12.8 Å². The molecule has 0 aliphatic heterocycles. The van der Waals surface area contributed by atoms with Gasteiger partial charge in [-0.1, -0.05) is 258 Å². The highest BCUT2D eigenvalue weighted by molar-refractivity contribution is 7.45. The highest BCUT2D eigenvalue weighted by Crippen LogP contribution is 2.38. The molecule has 10 heteroatoms. The van der Waals surface area contributed by atoms with Gasteiger partial charge in [0.15, 0.2) is 6.10 Å². The summed E-state index contributed by atoms with van der Waals surface area (Å²) < 4.78 is 34.1. The lowest BCUT2D eigenvalue weighted by atomic mass is 10.1. The van der Waals surface area contributed by atoms with Crippen LogP contribution in [-0.2, 0) is 32.7 Å². The maximum atomic E-state index is 12.8. The Bertz CT molecular complexity index is 2330. The normalized spacial score (nSPS) is 14.7. The van der Waals surface area contributed by atoms with Crippen LogP contribution in [0.2, 0.25) is 0 Å². The van der Waals surface area contributed by atoms with Crippen LogP contribution < -0.4 is 4.89 Å². The van der Waals surface area contributed by atoms with Crippen molar-refractivity contribution in [1.29, 1.82) is 0 Å². The molecule has 0 spiro atoms. The van der Waals surface area contributed by atoms with E-state index in [1.54, 1.807) is 0 Å². The van der Waals surface area contributed by atoms with Crippen LogP contribution in [0.15, 0.2) is 231 Å². The summed E-state index contributed by atoms with van der Waals surface area (Å²) in [6.07, 6.45) is 107. The fraction of sp³-hybridized carbons (Fsp3) is 0.487. The zero-order valence-corrected chi connectivity index (χ0v) is 56.2. The second-order valence-electron chi connectivity index (χ2n) is 22.0. The summed E-state index contributed by atoms with van der Waals surface area (Å²) >= 11 is 0. The van der Waals surface area contributed by atoms with Crippen molar-refractivity contribution >= 4 is 19.8 Å². The van der Waals surface area contributed by atoms with E-state index >= 15 is 0 Å². The molecule has 0 saturated heterocycles. The molecule has 0 fully saturated rings. The zero-order valence-electron chi connectivity index (χ0n) is 55.3. The highest BCUT2D eigenvalue weighted by atomic mass is 31.2. The molecular weight excluding hydrogens is 1110 g/mol. The molecule has 0 aromatic carbocycles. The Morgan fingerprint density at radius 3 is 0.932 bits per heavy atom. The van der Waals surface area contributed by atoms with E-state index in [-0.39, 0.29) is 26.1 Å². The summed E-state index contributed by atoms with van der Waals surface area (Å²) in [5.41, 5.74) is 0. The average molecular weight is 1230 g/mol. The summed E-state index contributed by atoms with van der Waals surface area (Å²) in [7, 11) is 1.08. The molecular formula is C78H118NO8P. The molecule has 488 valence electrons. The van der Waals surface area contributed by atoms with Crippen molar-refractivity contribution in [2.45, 2.75) is 200 Å². The van der Waals surface area contributed by atoms with E-state index in [2.05, 4.69) is 239 Å². The Labute approximate surface area is 537 Å². The van der Waals surface area contributed by atoms with E-state index < -0.39 is 32.5 Å². The van der Waals surface area contributed by atoms with Gasteiger partial charge in [0.1, 0.15) is 19.8 Å². The summed E-state index contributed by atoms with van der Waals surface area (Å²) in [5.74, 6) is -0.955. The van der Waals surface area contributed by atoms with Gasteiger partial charge in [-0.15, -0.1) is 0 Å². The van der Waals surface area contributed by atoms with Crippen molar-refractivity contribution in [3.8, 4) is 0 Å². The van der Waals surface area contributed by atoms with Crippen molar-refractivity contribution in [1.82, 2.24) is 0 Å². The smallest absolute Gasteiger partial charge is 0.306 e. The van der Waals surface area contributed by atoms with Crippen LogP contribution in [0.25, 0.3) is 0 Å². The Kier molecular flexibility index (Phi) is 61.1. The molecule has 0 saturated carbocycles. The number of unbranched alkanes of at least 4 members (excludes halogenated alkanes) is 5. The monoisotopic (exact) mass is 1230 g/mol. The molecule has 9 nitrogen and oxygen atoms in total. The van der Waals surface area contributed by atoms with E-state index in [1.807, 2.05) is 27.2 Å². The molecule has 0 N–H and O–H groups in total. The number of quaternary nitrogens is 1. The second kappa shape index (κ2) is 65.5. The lowest BCUT2D eigenvalue weighted by Gasteiger charge is -2.28. The van der Waals surface area contributed by atoms with Gasteiger partial charge in [-0.25, -0.2) is 0 Å². The van der Waals surface area contributed by atoms with Gasteiger partial charge in [0.25, 0.3) is 7.82 Å². The molecule has 0 aromatic heterocycles. The van der Waals surface area contributed by atoms with E-state index in [4.69, 9.17) is 18.5 Å². The standard InChI is InChI=1S/C78H118NO8P/c1-6-8-10-12-14-16-18-20-22-24-26-28-30-31-32-33-34-35-36-37-38-39-40-41-42-43-44-45-46-47-49-51-53-55-57-59-61-63-65-67-69-71-78(81)87-76(75-86-88(82,83)85-73-72-79(3,4)5)74-84-77(80)70-68-66-64-62-60-58-56-54-52-50-48-29-27-25-23-21-19-17-15-13-11-9-7-2/h8-11,14-17,20-23,26-29,31-32,34-35,37-38,40-41,43-44,46-47,50-53,56-59,62,64,76H,6-7,12-13,18-19,24-25,30,33,36,39,42,45,48-49,54-55,60-61,63,65-75H2,1-5H3/b10-8-,11-9-,16-14-,17-15-,22-20-,23-21-,28-26-,29-27-,32-31-,35-34-,38-37-,41-40-,44-43-,47-46-,52-50-,53-51-,58-56-,59-57-,64-62-. The number of likely N-dealkylation sites (N-methyl/N-ethyl adjacent to an activating group) is 1. The number of carbonyl (C=O) groups is 2. The van der Waals surface area contributed by atoms with Gasteiger partial charge in [-0.3, -0.25) is 14.2 Å². The quantitative estimate of drug-likeness (QED) is 0.0195. The third kappa shape index (κ3) is 69.2. The Hall–Kier alpha value is -5.93. The number of rotatable bonds is 57. The summed E-state index contributed by atoms with van der Waals surface area (Å²) in [4.78, 5) is 37.9. The molecule has 0 radical (unpaired) electrons. The summed E-state index contributed by atoms with van der Waals surface area (Å²) in [6, 6.07) is 0. The number of phosphoric acid groups is 1. The first kappa shape index (κ1) is 82.1. The molecule has 0 aromatic rings. The number of esters is 2. The van der Waals surface area contributed by atoms with E-state index in [0.29, 0.717) is 30.3 Å². The number of carbonyl (C=O) groups excluding carboxylic acids is 2. The summed E-state index contributed by atoms with van der Waals surface area (Å²) in [6.45, 7) is 3.87. The maximum Gasteiger partial charge on any atom is 0.306 e. The first-order valence-electron chi connectivity index (χ1n) is 33.1. The first-order valence-corrected chi connectivity index (χ1v) is 34.6. The predicted octanol–water partition coefficient (Wildman–Crippen LogP) is 21.2. The van der Waals surface area contributed by atoms with Crippen LogP contribution >= 0.6 is 7.82 Å².